The van der Waals surface area contributed by atoms with Crippen LogP contribution in [0.25, 0.3) is 0 Å². The average molecular weight is 270 g/mol. The van der Waals surface area contributed by atoms with Crippen LogP contribution in [0, 0.1) is 5.92 Å². The zero-order valence-electron chi connectivity index (χ0n) is 13.7. The molecule has 3 heteroatoms. The van der Waals surface area contributed by atoms with Crippen LogP contribution in [0.5, 0.6) is 0 Å². The summed E-state index contributed by atoms with van der Waals surface area (Å²) in [7, 11) is 0. The zero-order valence-corrected chi connectivity index (χ0v) is 13.7. The zero-order chi connectivity index (χ0) is 14.3. The van der Waals surface area contributed by atoms with Crippen molar-refractivity contribution in [2.45, 2.75) is 65.5 Å². The molecule has 1 heterocycles. The number of hydrogen-bond donors (Lipinski definition) is 1. The first-order valence-electron chi connectivity index (χ1n) is 8.01. The molecule has 19 heavy (non-hydrogen) atoms. The number of ether oxygens (including phenoxy) is 1. The van der Waals surface area contributed by atoms with Gasteiger partial charge in [0.1, 0.15) is 0 Å². The summed E-state index contributed by atoms with van der Waals surface area (Å²) in [6.45, 7) is 16.5. The van der Waals surface area contributed by atoms with Crippen LogP contribution in [0.4, 0.5) is 0 Å². The topological polar surface area (TPSA) is 24.5 Å². The first-order chi connectivity index (χ1) is 8.94. The summed E-state index contributed by atoms with van der Waals surface area (Å²) >= 11 is 0. The van der Waals surface area contributed by atoms with E-state index in [2.05, 4.69) is 44.8 Å². The number of hydrogen-bond acceptors (Lipinski definition) is 3. The third kappa shape index (κ3) is 6.73. The Hall–Kier alpha value is -0.120. The first-order valence-corrected chi connectivity index (χ1v) is 8.01. The van der Waals surface area contributed by atoms with Gasteiger partial charge in [0.25, 0.3) is 0 Å². The third-order valence-corrected chi connectivity index (χ3v) is 3.92. The molecule has 1 fully saturated rings. The van der Waals surface area contributed by atoms with E-state index in [0.717, 1.165) is 38.8 Å². The van der Waals surface area contributed by atoms with E-state index in [-0.39, 0.29) is 5.54 Å². The Morgan fingerprint density at radius 3 is 2.68 bits per heavy atom. The monoisotopic (exact) mass is 270 g/mol. The maximum Gasteiger partial charge on any atom is 0.0593 e. The highest BCUT2D eigenvalue weighted by Crippen LogP contribution is 2.17. The smallest absolute Gasteiger partial charge is 0.0593 e. The van der Waals surface area contributed by atoms with Gasteiger partial charge in [0, 0.05) is 37.8 Å². The van der Waals surface area contributed by atoms with Gasteiger partial charge < -0.3 is 10.1 Å². The molecule has 0 aromatic heterocycles. The van der Waals surface area contributed by atoms with Crippen molar-refractivity contribution in [2.75, 3.05) is 32.8 Å². The Bertz CT molecular complexity index is 241. The van der Waals surface area contributed by atoms with Crippen LogP contribution in [0.3, 0.4) is 0 Å². The maximum atomic E-state index is 5.78. The van der Waals surface area contributed by atoms with Gasteiger partial charge in [-0.2, -0.15) is 0 Å². The van der Waals surface area contributed by atoms with E-state index >= 15 is 0 Å². The summed E-state index contributed by atoms with van der Waals surface area (Å²) in [5.74, 6) is 0.742. The molecule has 3 nitrogen and oxygen atoms in total. The van der Waals surface area contributed by atoms with Gasteiger partial charge >= 0.3 is 0 Å². The van der Waals surface area contributed by atoms with E-state index < -0.39 is 0 Å². The van der Waals surface area contributed by atoms with Gasteiger partial charge in [0.05, 0.1) is 6.61 Å². The summed E-state index contributed by atoms with van der Waals surface area (Å²) in [5, 5.41) is 3.66. The SMILES string of the molecule is CCCC1CNC(C)(C)CN1CCOCCC(C)C. The maximum absolute atomic E-state index is 5.78. The number of piperazine rings is 1. The molecule has 1 atom stereocenters. The van der Waals surface area contributed by atoms with Crippen molar-refractivity contribution in [3.63, 3.8) is 0 Å². The number of nitrogens with one attached hydrogen (secondary N) is 1. The fraction of sp³-hybridized carbons (Fsp3) is 1.00. The molecule has 114 valence electrons. The van der Waals surface area contributed by atoms with Gasteiger partial charge in [0.15, 0.2) is 0 Å². The van der Waals surface area contributed by atoms with Gasteiger partial charge in [-0.25, -0.2) is 0 Å². The first kappa shape index (κ1) is 16.9. The molecule has 1 rings (SSSR count). The van der Waals surface area contributed by atoms with Gasteiger partial charge in [-0.3, -0.25) is 4.90 Å². The molecule has 0 spiro atoms. The summed E-state index contributed by atoms with van der Waals surface area (Å²) in [4.78, 5) is 2.62. The summed E-state index contributed by atoms with van der Waals surface area (Å²) in [6.07, 6.45) is 3.72. The molecule has 0 bridgehead atoms. The molecular formula is C16H34N2O. The highest BCUT2D eigenvalue weighted by Gasteiger charge is 2.31. The predicted molar refractivity (Wildman–Crippen MR) is 82.6 cm³/mol. The lowest BCUT2D eigenvalue weighted by Gasteiger charge is -2.44. The molecule has 0 aromatic rings. The van der Waals surface area contributed by atoms with Crippen LogP contribution in [-0.4, -0.2) is 49.3 Å². The van der Waals surface area contributed by atoms with E-state index in [9.17, 15) is 0 Å². The van der Waals surface area contributed by atoms with Crippen molar-refractivity contribution in [1.82, 2.24) is 10.2 Å². The number of rotatable bonds is 8. The van der Waals surface area contributed by atoms with E-state index in [1.54, 1.807) is 0 Å². The standard InChI is InChI=1S/C16H34N2O/c1-6-7-15-12-17-16(4,5)13-18(15)9-11-19-10-8-14(2)3/h14-15,17H,6-13H2,1-5H3. The molecule has 1 saturated heterocycles. The van der Waals surface area contributed by atoms with Crippen molar-refractivity contribution >= 4 is 0 Å². The molecule has 0 amide bonds. The van der Waals surface area contributed by atoms with E-state index in [1.807, 2.05) is 0 Å². The molecule has 0 radical (unpaired) electrons. The Morgan fingerprint density at radius 1 is 1.32 bits per heavy atom. The van der Waals surface area contributed by atoms with Gasteiger partial charge in [-0.1, -0.05) is 27.2 Å². The lowest BCUT2D eigenvalue weighted by molar-refractivity contribution is 0.0437. The van der Waals surface area contributed by atoms with E-state index in [1.165, 1.54) is 19.3 Å². The summed E-state index contributed by atoms with van der Waals surface area (Å²) in [6, 6.07) is 0.687. The van der Waals surface area contributed by atoms with Crippen LogP contribution in [-0.2, 0) is 4.74 Å². The summed E-state index contributed by atoms with van der Waals surface area (Å²) in [5.41, 5.74) is 0.238. The minimum Gasteiger partial charge on any atom is -0.380 e. The van der Waals surface area contributed by atoms with Crippen molar-refractivity contribution in [2.24, 2.45) is 5.92 Å². The Kier molecular flexibility index (Phi) is 7.33. The Balaban J connectivity index is 2.29. The molecular weight excluding hydrogens is 236 g/mol. The van der Waals surface area contributed by atoms with Gasteiger partial charge in [-0.15, -0.1) is 0 Å². The Morgan fingerprint density at radius 2 is 2.05 bits per heavy atom. The largest absolute Gasteiger partial charge is 0.380 e. The van der Waals surface area contributed by atoms with Crippen LogP contribution in [0.2, 0.25) is 0 Å². The molecule has 1 unspecified atom stereocenters. The third-order valence-electron chi connectivity index (χ3n) is 3.92. The fourth-order valence-corrected chi connectivity index (χ4v) is 2.70. The molecule has 0 aliphatic carbocycles. The average Bonchev–Trinajstić information content (AvgIpc) is 2.31. The lowest BCUT2D eigenvalue weighted by atomic mass is 9.97. The second kappa shape index (κ2) is 8.23. The normalized spacial score (nSPS) is 24.0. The highest BCUT2D eigenvalue weighted by molar-refractivity contribution is 4.91. The minimum atomic E-state index is 0.238. The molecule has 1 aliphatic rings. The van der Waals surface area contributed by atoms with Gasteiger partial charge in [-0.05, 0) is 32.6 Å². The lowest BCUT2D eigenvalue weighted by Crippen LogP contribution is -2.61. The molecule has 0 aromatic carbocycles. The predicted octanol–water partition coefficient (Wildman–Crippen LogP) is 2.90. The van der Waals surface area contributed by atoms with Crippen molar-refractivity contribution in [3.05, 3.63) is 0 Å². The van der Waals surface area contributed by atoms with Crippen molar-refractivity contribution in [3.8, 4) is 0 Å². The Labute approximate surface area is 120 Å². The van der Waals surface area contributed by atoms with Crippen LogP contribution in [0.1, 0.15) is 53.9 Å². The molecule has 1 aliphatic heterocycles. The van der Waals surface area contributed by atoms with E-state index in [4.69, 9.17) is 4.74 Å². The van der Waals surface area contributed by atoms with Crippen LogP contribution >= 0.6 is 0 Å². The summed E-state index contributed by atoms with van der Waals surface area (Å²) < 4.78 is 5.78. The minimum absolute atomic E-state index is 0.238. The van der Waals surface area contributed by atoms with Crippen LogP contribution in [0.15, 0.2) is 0 Å². The van der Waals surface area contributed by atoms with Crippen LogP contribution < -0.4 is 5.32 Å². The second-order valence-electron chi connectivity index (χ2n) is 6.97. The quantitative estimate of drug-likeness (QED) is 0.686. The van der Waals surface area contributed by atoms with Crippen molar-refractivity contribution in [1.29, 1.82) is 0 Å². The second-order valence-corrected chi connectivity index (χ2v) is 6.97. The molecule has 1 N–H and O–H groups in total. The molecule has 0 saturated carbocycles. The highest BCUT2D eigenvalue weighted by atomic mass is 16.5. The fourth-order valence-electron chi connectivity index (χ4n) is 2.70. The van der Waals surface area contributed by atoms with E-state index in [0.29, 0.717) is 6.04 Å². The van der Waals surface area contributed by atoms with Gasteiger partial charge in [0.2, 0.25) is 0 Å². The number of nitrogens with zero attached hydrogens (tertiary/aromatic N) is 1. The van der Waals surface area contributed by atoms with Crippen molar-refractivity contribution < 1.29 is 4.74 Å².